The molecule has 2 rings (SSSR count). The molecular weight excluding hydrogens is 275 g/mol. The Balaban J connectivity index is 1.81. The van der Waals surface area contributed by atoms with Crippen molar-refractivity contribution in [2.45, 2.75) is 31.8 Å². The Morgan fingerprint density at radius 3 is 2.71 bits per heavy atom. The molecule has 1 aliphatic rings. The fraction of sp³-hybridized carbons (Fsp3) is 0.467. The highest BCUT2D eigenvalue weighted by atomic mass is 19.1. The van der Waals surface area contributed by atoms with Crippen LogP contribution in [0.15, 0.2) is 24.3 Å². The lowest BCUT2D eigenvalue weighted by atomic mass is 9.86. The maximum Gasteiger partial charge on any atom is 0.313 e. The molecule has 0 bridgehead atoms. The first-order chi connectivity index (χ1) is 10.1. The van der Waals surface area contributed by atoms with E-state index in [0.29, 0.717) is 0 Å². The van der Waals surface area contributed by atoms with Gasteiger partial charge in [0.05, 0.1) is 6.10 Å². The zero-order chi connectivity index (χ0) is 15.2. The second-order valence-corrected chi connectivity index (χ2v) is 5.29. The van der Waals surface area contributed by atoms with Crippen molar-refractivity contribution in [3.05, 3.63) is 30.1 Å². The lowest BCUT2D eigenvalue weighted by molar-refractivity contribution is -0.136. The minimum absolute atomic E-state index is 0.00957. The highest BCUT2D eigenvalue weighted by molar-refractivity contribution is 6.39. The summed E-state index contributed by atoms with van der Waals surface area (Å²) in [6.07, 6.45) is 3.16. The van der Waals surface area contributed by atoms with E-state index in [2.05, 4.69) is 10.6 Å². The van der Waals surface area contributed by atoms with Gasteiger partial charge in [0.2, 0.25) is 0 Å². The van der Waals surface area contributed by atoms with E-state index in [1.165, 1.54) is 18.2 Å². The van der Waals surface area contributed by atoms with E-state index >= 15 is 0 Å². The lowest BCUT2D eigenvalue weighted by Gasteiger charge is -2.27. The molecule has 0 radical (unpaired) electrons. The molecule has 1 aromatic rings. The third-order valence-corrected chi connectivity index (χ3v) is 3.68. The second-order valence-electron chi connectivity index (χ2n) is 5.29. The molecule has 3 N–H and O–H groups in total. The van der Waals surface area contributed by atoms with Crippen LogP contribution in [0.3, 0.4) is 0 Å². The number of carbonyl (C=O) groups is 2. The molecule has 6 heteroatoms. The van der Waals surface area contributed by atoms with Gasteiger partial charge >= 0.3 is 11.8 Å². The average Bonchev–Trinajstić information content (AvgIpc) is 2.46. The van der Waals surface area contributed by atoms with Crippen molar-refractivity contribution in [3.63, 3.8) is 0 Å². The summed E-state index contributed by atoms with van der Waals surface area (Å²) in [7, 11) is 0. The van der Waals surface area contributed by atoms with Gasteiger partial charge in [-0.3, -0.25) is 9.59 Å². The number of carbonyl (C=O) groups excluding carboxylic acids is 2. The Morgan fingerprint density at radius 2 is 2.00 bits per heavy atom. The van der Waals surface area contributed by atoms with Crippen molar-refractivity contribution >= 4 is 17.5 Å². The number of anilines is 1. The molecule has 0 aliphatic heterocycles. The molecule has 1 saturated carbocycles. The molecule has 2 atom stereocenters. The summed E-state index contributed by atoms with van der Waals surface area (Å²) in [6, 6.07) is 5.33. The zero-order valence-corrected chi connectivity index (χ0v) is 11.6. The van der Waals surface area contributed by atoms with Crippen molar-refractivity contribution in [1.82, 2.24) is 5.32 Å². The van der Waals surface area contributed by atoms with Crippen LogP contribution in [-0.4, -0.2) is 29.6 Å². The normalized spacial score (nSPS) is 21.6. The van der Waals surface area contributed by atoms with E-state index < -0.39 is 23.7 Å². The van der Waals surface area contributed by atoms with Crippen molar-refractivity contribution in [2.75, 3.05) is 11.9 Å². The fourth-order valence-corrected chi connectivity index (χ4v) is 2.48. The molecule has 0 aromatic heterocycles. The summed E-state index contributed by atoms with van der Waals surface area (Å²) >= 11 is 0. The first-order valence-corrected chi connectivity index (χ1v) is 7.09. The van der Waals surface area contributed by atoms with Crippen molar-refractivity contribution in [3.8, 4) is 0 Å². The Hall–Kier alpha value is -1.95. The second kappa shape index (κ2) is 7.17. The SMILES string of the molecule is O=C(NC[C@H]1CCCC[C@H]1O)C(=O)Nc1cccc(F)c1. The number of nitrogens with one attached hydrogen (secondary N) is 2. The Kier molecular flexibility index (Phi) is 5.27. The number of benzene rings is 1. The van der Waals surface area contributed by atoms with Gasteiger partial charge in [-0.15, -0.1) is 0 Å². The van der Waals surface area contributed by atoms with Crippen LogP contribution in [0.4, 0.5) is 10.1 Å². The highest BCUT2D eigenvalue weighted by Crippen LogP contribution is 2.23. The van der Waals surface area contributed by atoms with E-state index in [4.69, 9.17) is 0 Å². The number of aliphatic hydroxyl groups excluding tert-OH is 1. The first kappa shape index (κ1) is 15.4. The number of hydrogen-bond acceptors (Lipinski definition) is 3. The van der Waals surface area contributed by atoms with Crippen LogP contribution in [0.1, 0.15) is 25.7 Å². The summed E-state index contributed by atoms with van der Waals surface area (Å²) in [4.78, 5) is 23.4. The first-order valence-electron chi connectivity index (χ1n) is 7.09. The lowest BCUT2D eigenvalue weighted by Crippen LogP contribution is -2.41. The van der Waals surface area contributed by atoms with E-state index in [1.54, 1.807) is 0 Å². The Labute approximate surface area is 122 Å². The number of halogens is 1. The molecule has 0 saturated heterocycles. The van der Waals surface area contributed by atoms with Crippen LogP contribution in [-0.2, 0) is 9.59 Å². The maximum absolute atomic E-state index is 13.0. The largest absolute Gasteiger partial charge is 0.393 e. The van der Waals surface area contributed by atoms with Crippen LogP contribution >= 0.6 is 0 Å². The van der Waals surface area contributed by atoms with E-state index in [1.807, 2.05) is 0 Å². The van der Waals surface area contributed by atoms with Crippen LogP contribution in [0.25, 0.3) is 0 Å². The molecule has 1 aromatic carbocycles. The Bertz CT molecular complexity index is 521. The minimum Gasteiger partial charge on any atom is -0.393 e. The third-order valence-electron chi connectivity index (χ3n) is 3.68. The van der Waals surface area contributed by atoms with Crippen LogP contribution < -0.4 is 10.6 Å². The van der Waals surface area contributed by atoms with E-state index in [0.717, 1.165) is 31.7 Å². The summed E-state index contributed by atoms with van der Waals surface area (Å²) in [5.41, 5.74) is 0.229. The summed E-state index contributed by atoms with van der Waals surface area (Å²) in [5, 5.41) is 14.6. The van der Waals surface area contributed by atoms with Crippen LogP contribution in [0.2, 0.25) is 0 Å². The van der Waals surface area contributed by atoms with Crippen LogP contribution in [0.5, 0.6) is 0 Å². The average molecular weight is 294 g/mol. The van der Waals surface area contributed by atoms with Crippen LogP contribution in [0, 0.1) is 11.7 Å². The van der Waals surface area contributed by atoms with Crippen molar-refractivity contribution in [1.29, 1.82) is 0 Å². The fourth-order valence-electron chi connectivity index (χ4n) is 2.48. The van der Waals surface area contributed by atoms with Crippen molar-refractivity contribution < 1.29 is 19.1 Å². The molecule has 21 heavy (non-hydrogen) atoms. The quantitative estimate of drug-likeness (QED) is 0.738. The van der Waals surface area contributed by atoms with Gasteiger partial charge in [0.1, 0.15) is 5.82 Å². The van der Waals surface area contributed by atoms with Gasteiger partial charge < -0.3 is 15.7 Å². The van der Waals surface area contributed by atoms with Gasteiger partial charge in [-0.25, -0.2) is 4.39 Å². The number of rotatable bonds is 3. The smallest absolute Gasteiger partial charge is 0.313 e. The number of amides is 2. The molecule has 0 unspecified atom stereocenters. The molecule has 114 valence electrons. The van der Waals surface area contributed by atoms with Gasteiger partial charge in [0, 0.05) is 18.2 Å². The van der Waals surface area contributed by atoms with Gasteiger partial charge in [-0.1, -0.05) is 18.9 Å². The third kappa shape index (κ3) is 4.53. The minimum atomic E-state index is -0.842. The molecule has 0 heterocycles. The summed E-state index contributed by atoms with van der Waals surface area (Å²) in [5.74, 6) is -2.12. The standard InChI is InChI=1S/C15H19FN2O3/c16-11-5-3-6-12(8-11)18-15(21)14(20)17-9-10-4-1-2-7-13(10)19/h3,5-6,8,10,13,19H,1-2,4,7,9H2,(H,17,20)(H,18,21)/t10-,13-/m1/s1. The molecule has 0 spiro atoms. The summed E-state index contributed by atoms with van der Waals surface area (Å²) < 4.78 is 13.0. The monoisotopic (exact) mass is 294 g/mol. The topological polar surface area (TPSA) is 78.4 Å². The predicted molar refractivity (Wildman–Crippen MR) is 76.0 cm³/mol. The summed E-state index contributed by atoms with van der Waals surface area (Å²) in [6.45, 7) is 0.274. The number of hydrogen-bond donors (Lipinski definition) is 3. The maximum atomic E-state index is 13.0. The molecule has 2 amide bonds. The molecule has 1 fully saturated rings. The number of aliphatic hydroxyl groups is 1. The Morgan fingerprint density at radius 1 is 1.24 bits per heavy atom. The molecule has 1 aliphatic carbocycles. The zero-order valence-electron chi connectivity index (χ0n) is 11.6. The van der Waals surface area contributed by atoms with E-state index in [-0.39, 0.29) is 18.2 Å². The highest BCUT2D eigenvalue weighted by Gasteiger charge is 2.24. The van der Waals surface area contributed by atoms with Crippen molar-refractivity contribution in [2.24, 2.45) is 5.92 Å². The van der Waals surface area contributed by atoms with Gasteiger partial charge in [-0.05, 0) is 31.0 Å². The van der Waals surface area contributed by atoms with Gasteiger partial charge in [0.25, 0.3) is 0 Å². The molecular formula is C15H19FN2O3. The molecule has 5 nitrogen and oxygen atoms in total. The predicted octanol–water partition coefficient (Wildman–Crippen LogP) is 1.43. The van der Waals surface area contributed by atoms with E-state index in [9.17, 15) is 19.1 Å². The van der Waals surface area contributed by atoms with Gasteiger partial charge in [-0.2, -0.15) is 0 Å². The van der Waals surface area contributed by atoms with Gasteiger partial charge in [0.15, 0.2) is 0 Å².